The summed E-state index contributed by atoms with van der Waals surface area (Å²) in [6.45, 7) is 3.98. The van der Waals surface area contributed by atoms with Crippen LogP contribution < -0.4 is 29.6 Å². The van der Waals surface area contributed by atoms with Crippen molar-refractivity contribution < 1.29 is 62.3 Å². The van der Waals surface area contributed by atoms with Gasteiger partial charge in [-0.3, -0.25) is 14.1 Å². The average Bonchev–Trinajstić information content (AvgIpc) is 2.65. The molecule has 0 aliphatic heterocycles. The molecule has 2 aromatic carbocycles. The Kier molecular flexibility index (Phi) is 12.7. The molecule has 0 aliphatic rings. The van der Waals surface area contributed by atoms with Crippen molar-refractivity contribution in [1.82, 2.24) is 0 Å². The van der Waals surface area contributed by atoms with Crippen LogP contribution in [0.15, 0.2) is 60.7 Å². The third-order valence-electron chi connectivity index (χ3n) is 3.89. The molecule has 3 N–H and O–H groups in total. The fourth-order valence-electron chi connectivity index (χ4n) is 2.58. The predicted octanol–water partition coefficient (Wildman–Crippen LogP) is 0.239. The van der Waals surface area contributed by atoms with Crippen molar-refractivity contribution >= 4 is 22.1 Å². The largest absolute Gasteiger partial charge is 1.00 e. The molecule has 152 valence electrons. The van der Waals surface area contributed by atoms with Gasteiger partial charge < -0.3 is 17.1 Å². The van der Waals surface area contributed by atoms with Crippen molar-refractivity contribution in [3.63, 3.8) is 0 Å². The van der Waals surface area contributed by atoms with Crippen LogP contribution in [0.25, 0.3) is 0 Å². The van der Waals surface area contributed by atoms with Crippen LogP contribution in [0.3, 0.4) is 0 Å². The summed E-state index contributed by atoms with van der Waals surface area (Å²) in [7, 11) is -4.84. The average molecular weight is 430 g/mol. The van der Waals surface area contributed by atoms with E-state index in [1.54, 1.807) is 0 Å². The Morgan fingerprint density at radius 2 is 1.31 bits per heavy atom. The summed E-state index contributed by atoms with van der Waals surface area (Å²) in [6.07, 6.45) is 0.913. The van der Waals surface area contributed by atoms with Crippen molar-refractivity contribution in [3.8, 4) is 0 Å². The fourth-order valence-corrected chi connectivity index (χ4v) is 3.19. The predicted molar refractivity (Wildman–Crippen MR) is 105 cm³/mol. The van der Waals surface area contributed by atoms with Crippen molar-refractivity contribution in [3.05, 3.63) is 78.7 Å². The molecule has 0 heterocycles. The van der Waals surface area contributed by atoms with Gasteiger partial charge in [-0.1, -0.05) is 67.1 Å². The molecule has 0 bridgehead atoms. The SMILES string of the molecule is O=C(O)CC(C(=O)O)S(=O)(=O)O.[CH2-]CCC(c1ccccc1)c1ccccc1.[Na+]. The van der Waals surface area contributed by atoms with Crippen LogP contribution in [0, 0.1) is 6.92 Å². The molecule has 0 fully saturated rings. The van der Waals surface area contributed by atoms with Gasteiger partial charge in [0, 0.05) is 5.92 Å². The quantitative estimate of drug-likeness (QED) is 0.311. The van der Waals surface area contributed by atoms with E-state index in [4.69, 9.17) is 14.8 Å². The molecular formula is C20H23NaO7S. The molecule has 0 saturated heterocycles. The van der Waals surface area contributed by atoms with Gasteiger partial charge in [-0.25, -0.2) is 0 Å². The van der Waals surface area contributed by atoms with Gasteiger partial charge >= 0.3 is 41.5 Å². The minimum absolute atomic E-state index is 0. The zero-order valence-corrected chi connectivity index (χ0v) is 19.0. The molecule has 29 heavy (non-hydrogen) atoms. The molecule has 7 nitrogen and oxygen atoms in total. The maximum atomic E-state index is 10.2. The Hall–Kier alpha value is -1.71. The van der Waals surface area contributed by atoms with E-state index in [1.807, 2.05) is 0 Å². The van der Waals surface area contributed by atoms with Crippen molar-refractivity contribution in [1.29, 1.82) is 0 Å². The number of carboxylic acid groups (broad SMARTS) is 2. The van der Waals surface area contributed by atoms with Crippen LogP contribution in [-0.2, 0) is 19.7 Å². The second-order valence-corrected chi connectivity index (χ2v) is 7.55. The van der Waals surface area contributed by atoms with E-state index in [9.17, 15) is 18.0 Å². The van der Waals surface area contributed by atoms with Crippen molar-refractivity contribution in [2.75, 3.05) is 0 Å². The normalized spacial score (nSPS) is 11.6. The standard InChI is InChI=1S/C16H17.C4H6O7S.Na/c1-2-9-16(14-10-5-3-6-11-14)15-12-7-4-8-13-15;5-3(6)1-2(4(7)8)12(9,10)11;/h3-8,10-13,16H,1-2,9H2;2H,1H2,(H,5,6)(H,7,8)(H,9,10,11);/q-1;;+1. The van der Waals surface area contributed by atoms with Crippen LogP contribution in [0.4, 0.5) is 0 Å². The fraction of sp³-hybridized carbons (Fsp3) is 0.250. The van der Waals surface area contributed by atoms with E-state index in [1.165, 1.54) is 11.1 Å². The molecule has 0 radical (unpaired) electrons. The van der Waals surface area contributed by atoms with Crippen molar-refractivity contribution in [2.24, 2.45) is 0 Å². The minimum atomic E-state index is -4.84. The van der Waals surface area contributed by atoms with Crippen molar-refractivity contribution in [2.45, 2.75) is 30.4 Å². The topological polar surface area (TPSA) is 129 Å². The summed E-state index contributed by atoms with van der Waals surface area (Å²) < 4.78 is 28.7. The van der Waals surface area contributed by atoms with Crippen LogP contribution in [0.5, 0.6) is 0 Å². The van der Waals surface area contributed by atoms with Gasteiger partial charge in [-0.15, -0.1) is 0 Å². The van der Waals surface area contributed by atoms with Gasteiger partial charge in [-0.05, 0) is 11.1 Å². The summed E-state index contributed by atoms with van der Waals surface area (Å²) in [5, 5.41) is 13.9. The third kappa shape index (κ3) is 10.0. The van der Waals surface area contributed by atoms with Gasteiger partial charge in [0.1, 0.15) is 0 Å². The number of rotatable bonds is 8. The molecule has 0 saturated carbocycles. The first kappa shape index (κ1) is 27.3. The molecule has 2 aromatic rings. The summed E-state index contributed by atoms with van der Waals surface area (Å²) >= 11 is 0. The van der Waals surface area contributed by atoms with Gasteiger partial charge in [0.15, 0.2) is 5.25 Å². The molecule has 1 atom stereocenters. The molecular weight excluding hydrogens is 407 g/mol. The third-order valence-corrected chi connectivity index (χ3v) is 4.98. The first-order valence-electron chi connectivity index (χ1n) is 8.46. The maximum absolute atomic E-state index is 10.2. The van der Waals surface area contributed by atoms with Gasteiger partial charge in [0.25, 0.3) is 10.1 Å². The second-order valence-electron chi connectivity index (χ2n) is 5.96. The summed E-state index contributed by atoms with van der Waals surface area (Å²) in [5.74, 6) is -3.01. The Balaban J connectivity index is 0.000000547. The van der Waals surface area contributed by atoms with E-state index in [2.05, 4.69) is 67.6 Å². The van der Waals surface area contributed by atoms with Crippen LogP contribution >= 0.6 is 0 Å². The van der Waals surface area contributed by atoms with E-state index in [0.717, 1.165) is 12.8 Å². The first-order valence-corrected chi connectivity index (χ1v) is 9.97. The summed E-state index contributed by atoms with van der Waals surface area (Å²) in [4.78, 5) is 20.0. The first-order chi connectivity index (χ1) is 13.2. The zero-order valence-electron chi connectivity index (χ0n) is 16.1. The Morgan fingerprint density at radius 1 is 0.897 bits per heavy atom. The number of benzene rings is 2. The molecule has 9 heteroatoms. The molecule has 2 rings (SSSR count). The minimum Gasteiger partial charge on any atom is -0.481 e. The van der Waals surface area contributed by atoms with E-state index in [-0.39, 0.29) is 29.6 Å². The van der Waals surface area contributed by atoms with Crippen LogP contribution in [-0.4, -0.2) is 40.4 Å². The second kappa shape index (κ2) is 13.5. The van der Waals surface area contributed by atoms with E-state index in [0.29, 0.717) is 5.92 Å². The monoisotopic (exact) mass is 430 g/mol. The number of aliphatic carboxylic acids is 2. The Morgan fingerprint density at radius 3 is 1.55 bits per heavy atom. The number of carboxylic acids is 2. The van der Waals surface area contributed by atoms with Crippen LogP contribution in [0.2, 0.25) is 0 Å². The van der Waals surface area contributed by atoms with Crippen LogP contribution in [0.1, 0.15) is 36.3 Å². The van der Waals surface area contributed by atoms with E-state index < -0.39 is 33.7 Å². The Labute approximate surface area is 192 Å². The molecule has 0 spiro atoms. The maximum Gasteiger partial charge on any atom is 1.00 e. The number of carbonyl (C=O) groups is 2. The zero-order chi connectivity index (χ0) is 21.2. The molecule has 0 aliphatic carbocycles. The van der Waals surface area contributed by atoms with Gasteiger partial charge in [0.05, 0.1) is 6.42 Å². The Bertz CT molecular complexity index is 815. The molecule has 0 aromatic heterocycles. The van der Waals surface area contributed by atoms with Gasteiger partial charge in [-0.2, -0.15) is 14.8 Å². The summed E-state index contributed by atoms with van der Waals surface area (Å²) in [5.41, 5.74) is 2.77. The number of hydrogen-bond donors (Lipinski definition) is 3. The summed E-state index contributed by atoms with van der Waals surface area (Å²) in [6, 6.07) is 21.4. The smallest absolute Gasteiger partial charge is 0.481 e. The molecule has 0 amide bonds. The van der Waals surface area contributed by atoms with Gasteiger partial charge in [0.2, 0.25) is 0 Å². The molecule has 1 unspecified atom stereocenters. The van der Waals surface area contributed by atoms with E-state index >= 15 is 0 Å². The number of hydrogen-bond acceptors (Lipinski definition) is 4.